The zero-order chi connectivity index (χ0) is 8.32. The normalized spacial score (nSPS) is 21.8. The highest BCUT2D eigenvalue weighted by Gasteiger charge is 2.34. The van der Waals surface area contributed by atoms with E-state index in [0.29, 0.717) is 0 Å². The molecule has 1 aliphatic carbocycles. The first-order valence-electron chi connectivity index (χ1n) is 4.22. The number of halogens is 2. The molecule has 0 amide bonds. The zero-order valence-electron chi connectivity index (χ0n) is 6.87. The molecule has 3 heteroatoms. The first kappa shape index (κ1) is 8.91. The molecular formula is C8H15F2N. The highest BCUT2D eigenvalue weighted by atomic mass is 19.3. The summed E-state index contributed by atoms with van der Waals surface area (Å²) < 4.78 is 23.6. The van der Waals surface area contributed by atoms with Crippen LogP contribution in [0.2, 0.25) is 0 Å². The molecule has 0 aromatic heterocycles. The third-order valence-electron chi connectivity index (χ3n) is 2.62. The van der Waals surface area contributed by atoms with Crippen molar-refractivity contribution in [3.05, 3.63) is 0 Å². The lowest BCUT2D eigenvalue weighted by Gasteiger charge is -2.42. The minimum atomic E-state index is -2.21. The molecule has 0 aromatic carbocycles. The van der Waals surface area contributed by atoms with Crippen molar-refractivity contribution in [2.24, 2.45) is 0 Å². The number of alkyl halides is 2. The fourth-order valence-electron chi connectivity index (χ4n) is 1.55. The van der Waals surface area contributed by atoms with Gasteiger partial charge in [-0.05, 0) is 25.7 Å². The highest BCUT2D eigenvalue weighted by Crippen LogP contribution is 2.34. The Balaban J connectivity index is 2.22. The van der Waals surface area contributed by atoms with E-state index in [1.54, 1.807) is 0 Å². The number of nitrogens with one attached hydrogen (secondary N) is 1. The second-order valence-corrected chi connectivity index (χ2v) is 3.26. The minimum absolute atomic E-state index is 0.0659. The monoisotopic (exact) mass is 163 g/mol. The first-order valence-corrected chi connectivity index (χ1v) is 4.22. The van der Waals surface area contributed by atoms with Gasteiger partial charge in [0.25, 0.3) is 6.43 Å². The van der Waals surface area contributed by atoms with Gasteiger partial charge in [0.05, 0.1) is 6.54 Å². The third-order valence-corrected chi connectivity index (χ3v) is 2.62. The van der Waals surface area contributed by atoms with Crippen molar-refractivity contribution < 1.29 is 8.78 Å². The Morgan fingerprint density at radius 3 is 2.36 bits per heavy atom. The molecule has 1 fully saturated rings. The van der Waals surface area contributed by atoms with E-state index in [9.17, 15) is 8.78 Å². The average molecular weight is 163 g/mol. The van der Waals surface area contributed by atoms with Crippen molar-refractivity contribution in [3.63, 3.8) is 0 Å². The molecule has 1 N–H and O–H groups in total. The Morgan fingerprint density at radius 2 is 2.09 bits per heavy atom. The maximum absolute atomic E-state index is 11.8. The lowest BCUT2D eigenvalue weighted by Crippen LogP contribution is -2.51. The van der Waals surface area contributed by atoms with Crippen LogP contribution >= 0.6 is 0 Å². The topological polar surface area (TPSA) is 12.0 Å². The molecule has 0 unspecified atom stereocenters. The van der Waals surface area contributed by atoms with E-state index < -0.39 is 6.43 Å². The van der Waals surface area contributed by atoms with Crippen molar-refractivity contribution in [3.8, 4) is 0 Å². The van der Waals surface area contributed by atoms with Crippen molar-refractivity contribution in [1.29, 1.82) is 0 Å². The Kier molecular flexibility index (Phi) is 2.82. The summed E-state index contributed by atoms with van der Waals surface area (Å²) >= 11 is 0. The molecule has 11 heavy (non-hydrogen) atoms. The summed E-state index contributed by atoms with van der Waals surface area (Å²) in [5.74, 6) is 0. The van der Waals surface area contributed by atoms with Crippen molar-refractivity contribution in [2.45, 2.75) is 44.6 Å². The summed E-state index contributed by atoms with van der Waals surface area (Å²) in [5, 5.41) is 2.93. The quantitative estimate of drug-likeness (QED) is 0.669. The summed E-state index contributed by atoms with van der Waals surface area (Å²) in [5.41, 5.74) is 0.0659. The van der Waals surface area contributed by atoms with E-state index in [0.717, 1.165) is 19.3 Å². The largest absolute Gasteiger partial charge is 0.306 e. The van der Waals surface area contributed by atoms with Gasteiger partial charge < -0.3 is 5.32 Å². The standard InChI is InChI=1S/C8H15F2N/c1-2-8(4-3-5-8)11-6-7(9)10/h7,11H,2-6H2,1H3. The third kappa shape index (κ3) is 2.12. The van der Waals surface area contributed by atoms with Crippen LogP contribution in [0, 0.1) is 0 Å². The molecule has 1 aliphatic rings. The second-order valence-electron chi connectivity index (χ2n) is 3.26. The van der Waals surface area contributed by atoms with E-state index in [2.05, 4.69) is 12.2 Å². The molecule has 0 bridgehead atoms. The summed E-state index contributed by atoms with van der Waals surface area (Å²) in [4.78, 5) is 0. The lowest BCUT2D eigenvalue weighted by atomic mass is 9.75. The fraction of sp³-hybridized carbons (Fsp3) is 1.00. The maximum Gasteiger partial charge on any atom is 0.250 e. The summed E-state index contributed by atoms with van der Waals surface area (Å²) in [6, 6.07) is 0. The van der Waals surface area contributed by atoms with Gasteiger partial charge in [0.1, 0.15) is 0 Å². The lowest BCUT2D eigenvalue weighted by molar-refractivity contribution is 0.101. The van der Waals surface area contributed by atoms with Crippen molar-refractivity contribution >= 4 is 0 Å². The SMILES string of the molecule is CCC1(NCC(F)F)CCC1. The summed E-state index contributed by atoms with van der Waals surface area (Å²) in [7, 11) is 0. The van der Waals surface area contributed by atoms with E-state index in [-0.39, 0.29) is 12.1 Å². The molecule has 0 atom stereocenters. The fourth-order valence-corrected chi connectivity index (χ4v) is 1.55. The second kappa shape index (κ2) is 3.48. The van der Waals surface area contributed by atoms with Gasteiger partial charge in [-0.2, -0.15) is 0 Å². The van der Waals surface area contributed by atoms with E-state index in [1.165, 1.54) is 6.42 Å². The number of hydrogen-bond donors (Lipinski definition) is 1. The smallest absolute Gasteiger partial charge is 0.250 e. The van der Waals surface area contributed by atoms with E-state index in [4.69, 9.17) is 0 Å². The maximum atomic E-state index is 11.8. The Hall–Kier alpha value is -0.180. The van der Waals surface area contributed by atoms with E-state index in [1.807, 2.05) is 0 Å². The molecule has 0 radical (unpaired) electrons. The molecule has 0 aliphatic heterocycles. The summed E-state index contributed by atoms with van der Waals surface area (Å²) in [6.07, 6.45) is 2.08. The predicted molar refractivity (Wildman–Crippen MR) is 40.9 cm³/mol. The molecule has 1 rings (SSSR count). The Bertz CT molecular complexity index is 116. The van der Waals surface area contributed by atoms with Crippen LogP contribution in [0.3, 0.4) is 0 Å². The van der Waals surface area contributed by atoms with Gasteiger partial charge in [-0.3, -0.25) is 0 Å². The van der Waals surface area contributed by atoms with Gasteiger partial charge in [-0.25, -0.2) is 8.78 Å². The number of hydrogen-bond acceptors (Lipinski definition) is 1. The van der Waals surface area contributed by atoms with Gasteiger partial charge >= 0.3 is 0 Å². The van der Waals surface area contributed by atoms with Crippen LogP contribution in [0.25, 0.3) is 0 Å². The van der Waals surface area contributed by atoms with Gasteiger partial charge in [-0.15, -0.1) is 0 Å². The van der Waals surface area contributed by atoms with Gasteiger partial charge in [0.2, 0.25) is 0 Å². The van der Waals surface area contributed by atoms with E-state index >= 15 is 0 Å². The molecule has 0 heterocycles. The van der Waals surface area contributed by atoms with Crippen LogP contribution in [0.1, 0.15) is 32.6 Å². The van der Waals surface area contributed by atoms with Crippen molar-refractivity contribution in [2.75, 3.05) is 6.54 Å². The van der Waals surface area contributed by atoms with Crippen LogP contribution in [0.5, 0.6) is 0 Å². The highest BCUT2D eigenvalue weighted by molar-refractivity contribution is 4.94. The molecular weight excluding hydrogens is 148 g/mol. The van der Waals surface area contributed by atoms with Crippen LogP contribution < -0.4 is 5.32 Å². The number of rotatable bonds is 4. The van der Waals surface area contributed by atoms with Crippen LogP contribution in [0.15, 0.2) is 0 Å². The van der Waals surface area contributed by atoms with Gasteiger partial charge in [0.15, 0.2) is 0 Å². The van der Waals surface area contributed by atoms with Crippen molar-refractivity contribution in [1.82, 2.24) is 5.32 Å². The predicted octanol–water partition coefficient (Wildman–Crippen LogP) is 2.17. The Labute approximate surface area is 66.2 Å². The Morgan fingerprint density at radius 1 is 1.45 bits per heavy atom. The molecule has 0 spiro atoms. The average Bonchev–Trinajstić information content (AvgIpc) is 1.86. The minimum Gasteiger partial charge on any atom is -0.306 e. The van der Waals surface area contributed by atoms with Crippen LogP contribution in [-0.2, 0) is 0 Å². The van der Waals surface area contributed by atoms with Crippen LogP contribution in [0.4, 0.5) is 8.78 Å². The molecule has 66 valence electrons. The molecule has 0 aromatic rings. The van der Waals surface area contributed by atoms with Gasteiger partial charge in [-0.1, -0.05) is 6.92 Å². The molecule has 1 saturated carbocycles. The van der Waals surface area contributed by atoms with Gasteiger partial charge in [0, 0.05) is 5.54 Å². The first-order chi connectivity index (χ1) is 5.18. The molecule has 1 nitrogen and oxygen atoms in total. The van der Waals surface area contributed by atoms with Crippen LogP contribution in [-0.4, -0.2) is 18.5 Å². The zero-order valence-corrected chi connectivity index (χ0v) is 6.87. The summed E-state index contributed by atoms with van der Waals surface area (Å²) in [6.45, 7) is 1.91. The molecule has 0 saturated heterocycles.